The number of nitrogens with one attached hydrogen (secondary N) is 2. The third-order valence-electron chi connectivity index (χ3n) is 3.76. The number of nitrogens with zero attached hydrogens (tertiary/aromatic N) is 2. The first-order valence-corrected chi connectivity index (χ1v) is 7.66. The third kappa shape index (κ3) is 6.40. The zero-order valence-electron chi connectivity index (χ0n) is 14.0. The van der Waals surface area contributed by atoms with E-state index in [1.807, 2.05) is 13.8 Å². The Morgan fingerprint density at radius 1 is 1.43 bits per heavy atom. The molecule has 1 unspecified atom stereocenters. The van der Waals surface area contributed by atoms with Gasteiger partial charge < -0.3 is 15.5 Å². The Morgan fingerprint density at radius 2 is 2.10 bits per heavy atom. The average Bonchev–Trinajstić information content (AvgIpc) is 2.42. The van der Waals surface area contributed by atoms with Crippen molar-refractivity contribution in [1.29, 1.82) is 0 Å². The fourth-order valence-electron chi connectivity index (χ4n) is 2.49. The Hall–Kier alpha value is -0.530. The van der Waals surface area contributed by atoms with Crippen LogP contribution in [-0.2, 0) is 4.79 Å². The number of piperidine rings is 1. The number of rotatable bonds is 4. The van der Waals surface area contributed by atoms with Crippen molar-refractivity contribution in [3.05, 3.63) is 0 Å². The Morgan fingerprint density at radius 3 is 2.62 bits per heavy atom. The van der Waals surface area contributed by atoms with E-state index in [1.165, 1.54) is 12.8 Å². The number of guanidine groups is 1. The summed E-state index contributed by atoms with van der Waals surface area (Å²) in [6.45, 7) is 11.7. The first-order valence-electron chi connectivity index (χ1n) is 7.66. The third-order valence-corrected chi connectivity index (χ3v) is 3.76. The second kappa shape index (κ2) is 9.48. The van der Waals surface area contributed by atoms with E-state index in [1.54, 1.807) is 7.05 Å². The summed E-state index contributed by atoms with van der Waals surface area (Å²) in [5, 5.41) is 6.05. The summed E-state index contributed by atoms with van der Waals surface area (Å²) in [7, 11) is 1.67. The van der Waals surface area contributed by atoms with Gasteiger partial charge in [-0.2, -0.15) is 0 Å². The molecule has 5 nitrogen and oxygen atoms in total. The van der Waals surface area contributed by atoms with E-state index in [-0.39, 0.29) is 29.9 Å². The molecule has 1 aliphatic rings. The molecule has 2 N–H and O–H groups in total. The van der Waals surface area contributed by atoms with Crippen LogP contribution >= 0.6 is 24.0 Å². The van der Waals surface area contributed by atoms with Crippen molar-refractivity contribution < 1.29 is 4.79 Å². The predicted octanol–water partition coefficient (Wildman–Crippen LogP) is 2.07. The molecule has 6 heteroatoms. The maximum Gasteiger partial charge on any atom is 0.227 e. The van der Waals surface area contributed by atoms with Gasteiger partial charge in [0.15, 0.2) is 5.96 Å². The van der Waals surface area contributed by atoms with Gasteiger partial charge in [-0.25, -0.2) is 0 Å². The van der Waals surface area contributed by atoms with E-state index in [0.29, 0.717) is 12.5 Å². The molecule has 1 amide bonds. The molecule has 124 valence electrons. The van der Waals surface area contributed by atoms with Crippen LogP contribution < -0.4 is 10.6 Å². The zero-order valence-corrected chi connectivity index (χ0v) is 16.4. The number of hydrogen-bond acceptors (Lipinski definition) is 2. The van der Waals surface area contributed by atoms with Gasteiger partial charge in [0, 0.05) is 26.7 Å². The predicted molar refractivity (Wildman–Crippen MR) is 99.2 cm³/mol. The van der Waals surface area contributed by atoms with Gasteiger partial charge in [0.1, 0.15) is 0 Å². The second-order valence-electron chi connectivity index (χ2n) is 6.33. The molecule has 0 aromatic rings. The molecular formula is C15H31IN4O. The van der Waals surface area contributed by atoms with E-state index in [0.717, 1.165) is 25.6 Å². The van der Waals surface area contributed by atoms with Crippen molar-refractivity contribution in [3.8, 4) is 0 Å². The van der Waals surface area contributed by atoms with Gasteiger partial charge >= 0.3 is 0 Å². The molecule has 0 radical (unpaired) electrons. The summed E-state index contributed by atoms with van der Waals surface area (Å²) in [5.74, 6) is 1.68. The molecule has 0 aliphatic carbocycles. The van der Waals surface area contributed by atoms with E-state index >= 15 is 0 Å². The number of halogens is 1. The van der Waals surface area contributed by atoms with Crippen LogP contribution in [0.1, 0.15) is 40.5 Å². The van der Waals surface area contributed by atoms with Crippen LogP contribution in [0.15, 0.2) is 4.99 Å². The molecule has 1 aliphatic heterocycles. The minimum atomic E-state index is -0.475. The van der Waals surface area contributed by atoms with Crippen molar-refractivity contribution in [2.24, 2.45) is 16.3 Å². The number of carbonyl (C=O) groups excluding carboxylic acids is 1. The van der Waals surface area contributed by atoms with Crippen LogP contribution in [0.2, 0.25) is 0 Å². The summed E-state index contributed by atoms with van der Waals surface area (Å²) < 4.78 is 0. The van der Waals surface area contributed by atoms with Crippen LogP contribution in [0.4, 0.5) is 0 Å². The van der Waals surface area contributed by atoms with Crippen LogP contribution in [-0.4, -0.2) is 50.0 Å². The largest absolute Gasteiger partial charge is 0.359 e. The number of hydrogen-bond donors (Lipinski definition) is 2. The molecule has 1 atom stereocenters. The van der Waals surface area contributed by atoms with E-state index in [9.17, 15) is 4.79 Å². The summed E-state index contributed by atoms with van der Waals surface area (Å²) in [6.07, 6.45) is 2.50. The van der Waals surface area contributed by atoms with E-state index in [2.05, 4.69) is 34.4 Å². The van der Waals surface area contributed by atoms with Crippen LogP contribution in [0.25, 0.3) is 0 Å². The molecule has 0 aromatic heterocycles. The number of aliphatic imine (C=N–C) groups is 1. The summed E-state index contributed by atoms with van der Waals surface area (Å²) >= 11 is 0. The van der Waals surface area contributed by atoms with Gasteiger partial charge in [0.05, 0.1) is 12.0 Å². The molecule has 21 heavy (non-hydrogen) atoms. The van der Waals surface area contributed by atoms with Crippen molar-refractivity contribution in [3.63, 3.8) is 0 Å². The summed E-state index contributed by atoms with van der Waals surface area (Å²) in [5.41, 5.74) is -0.475. The topological polar surface area (TPSA) is 56.7 Å². The van der Waals surface area contributed by atoms with Gasteiger partial charge in [0.25, 0.3) is 0 Å². The summed E-state index contributed by atoms with van der Waals surface area (Å²) in [6, 6.07) is 0. The number of amides is 1. The minimum Gasteiger partial charge on any atom is -0.359 e. The molecule has 1 fully saturated rings. The maximum absolute atomic E-state index is 11.8. The SMILES string of the molecule is CCNC(=NCC(C)(C)C(=O)NC)N1CCCC(C)C1.I. The second-order valence-corrected chi connectivity index (χ2v) is 6.33. The fourth-order valence-corrected chi connectivity index (χ4v) is 2.49. The molecule has 0 saturated carbocycles. The highest BCUT2D eigenvalue weighted by Gasteiger charge is 2.27. The Kier molecular flexibility index (Phi) is 9.24. The highest BCUT2D eigenvalue weighted by molar-refractivity contribution is 14.0. The Bertz CT molecular complexity index is 358. The quantitative estimate of drug-likeness (QED) is 0.424. The van der Waals surface area contributed by atoms with Crippen molar-refractivity contribution in [2.45, 2.75) is 40.5 Å². The zero-order chi connectivity index (χ0) is 15.2. The van der Waals surface area contributed by atoms with Gasteiger partial charge in [-0.3, -0.25) is 9.79 Å². The van der Waals surface area contributed by atoms with Crippen LogP contribution in [0.3, 0.4) is 0 Å². The molecule has 0 bridgehead atoms. The lowest BCUT2D eigenvalue weighted by atomic mass is 9.93. The monoisotopic (exact) mass is 410 g/mol. The lowest BCUT2D eigenvalue weighted by molar-refractivity contribution is -0.128. The van der Waals surface area contributed by atoms with Crippen LogP contribution in [0.5, 0.6) is 0 Å². The molecule has 1 saturated heterocycles. The first-order chi connectivity index (χ1) is 9.40. The Labute approximate surface area is 146 Å². The first kappa shape index (κ1) is 20.5. The maximum atomic E-state index is 11.8. The minimum absolute atomic E-state index is 0. The van der Waals surface area contributed by atoms with Gasteiger partial charge in [0.2, 0.25) is 5.91 Å². The van der Waals surface area contributed by atoms with Crippen molar-refractivity contribution in [2.75, 3.05) is 33.2 Å². The average molecular weight is 410 g/mol. The highest BCUT2D eigenvalue weighted by atomic mass is 127. The van der Waals surface area contributed by atoms with E-state index in [4.69, 9.17) is 0 Å². The Balaban J connectivity index is 0.00000400. The van der Waals surface area contributed by atoms with Crippen LogP contribution in [0, 0.1) is 11.3 Å². The fraction of sp³-hybridized carbons (Fsp3) is 0.867. The van der Waals surface area contributed by atoms with Gasteiger partial charge in [-0.15, -0.1) is 24.0 Å². The van der Waals surface area contributed by atoms with E-state index < -0.39 is 5.41 Å². The summed E-state index contributed by atoms with van der Waals surface area (Å²) in [4.78, 5) is 18.8. The normalized spacial score (nSPS) is 19.8. The molecule has 0 spiro atoms. The number of likely N-dealkylation sites (tertiary alicyclic amines) is 1. The smallest absolute Gasteiger partial charge is 0.227 e. The lowest BCUT2D eigenvalue weighted by Gasteiger charge is -2.34. The number of carbonyl (C=O) groups is 1. The molecule has 1 heterocycles. The standard InChI is InChI=1S/C15H30N4O.HI/c1-6-17-14(19-9-7-8-12(2)10-19)18-11-15(3,4)13(20)16-5;/h12H,6-11H2,1-5H3,(H,16,20)(H,17,18);1H. The highest BCUT2D eigenvalue weighted by Crippen LogP contribution is 2.18. The van der Waals surface area contributed by atoms with Gasteiger partial charge in [-0.05, 0) is 39.5 Å². The van der Waals surface area contributed by atoms with Crippen molar-refractivity contribution in [1.82, 2.24) is 15.5 Å². The van der Waals surface area contributed by atoms with Gasteiger partial charge in [-0.1, -0.05) is 6.92 Å². The molecule has 1 rings (SSSR count). The lowest BCUT2D eigenvalue weighted by Crippen LogP contribution is -2.47. The van der Waals surface area contributed by atoms with Crippen molar-refractivity contribution >= 4 is 35.8 Å². The molecular weight excluding hydrogens is 379 g/mol. The molecule has 0 aromatic carbocycles.